The van der Waals surface area contributed by atoms with Crippen LogP contribution >= 0.6 is 11.6 Å². The van der Waals surface area contributed by atoms with Gasteiger partial charge in [-0.3, -0.25) is 9.36 Å². The van der Waals surface area contributed by atoms with Gasteiger partial charge in [0.1, 0.15) is 11.7 Å². The number of aryl methyl sites for hydroxylation is 1. The highest BCUT2D eigenvalue weighted by atomic mass is 35.5. The van der Waals surface area contributed by atoms with Crippen LogP contribution in [0.2, 0.25) is 5.02 Å². The summed E-state index contributed by atoms with van der Waals surface area (Å²) in [6, 6.07) is 9.04. The van der Waals surface area contributed by atoms with Gasteiger partial charge in [0.05, 0.1) is 0 Å². The number of aromatic amines is 2. The maximum atomic E-state index is 13.3. The summed E-state index contributed by atoms with van der Waals surface area (Å²) in [7, 11) is 0. The van der Waals surface area contributed by atoms with Crippen LogP contribution in [0.3, 0.4) is 0 Å². The fourth-order valence-corrected chi connectivity index (χ4v) is 3.31. The summed E-state index contributed by atoms with van der Waals surface area (Å²) in [5.74, 6) is 1.47. The van der Waals surface area contributed by atoms with E-state index in [1.54, 1.807) is 28.9 Å². The molecule has 4 aromatic heterocycles. The van der Waals surface area contributed by atoms with E-state index in [9.17, 15) is 4.79 Å². The molecule has 0 aliphatic rings. The average Bonchev–Trinajstić information content (AvgIpc) is 3.29. The molecule has 0 fully saturated rings. The van der Waals surface area contributed by atoms with Crippen molar-refractivity contribution in [2.45, 2.75) is 6.92 Å². The van der Waals surface area contributed by atoms with Gasteiger partial charge in [0.2, 0.25) is 11.8 Å². The number of aromatic nitrogens is 8. The highest BCUT2D eigenvalue weighted by Gasteiger charge is 2.24. The van der Waals surface area contributed by atoms with Gasteiger partial charge >= 0.3 is 5.78 Å². The Morgan fingerprint density at radius 2 is 2.11 bits per heavy atom. The molecule has 0 saturated heterocycles. The molecular formula is C17H12ClN8O+. The van der Waals surface area contributed by atoms with Crippen LogP contribution < -0.4 is 10.1 Å². The van der Waals surface area contributed by atoms with Gasteiger partial charge in [-0.05, 0) is 18.2 Å². The second-order valence-electron chi connectivity index (χ2n) is 5.98. The Morgan fingerprint density at radius 3 is 2.89 bits per heavy atom. The second-order valence-corrected chi connectivity index (χ2v) is 6.41. The van der Waals surface area contributed by atoms with Crippen LogP contribution in [-0.4, -0.2) is 34.8 Å². The van der Waals surface area contributed by atoms with E-state index >= 15 is 0 Å². The third-order valence-corrected chi connectivity index (χ3v) is 4.46. The Bertz CT molecular complexity index is 1370. The fraction of sp³-hybridized carbons (Fsp3) is 0.0588. The topological polar surface area (TPSA) is 109 Å². The normalized spacial score (nSPS) is 11.5. The Kier molecular flexibility index (Phi) is 3.31. The first-order valence-electron chi connectivity index (χ1n) is 8.07. The summed E-state index contributed by atoms with van der Waals surface area (Å²) in [5.41, 5.74) is 1.63. The first-order valence-corrected chi connectivity index (χ1v) is 8.45. The molecule has 2 N–H and O–H groups in total. The van der Waals surface area contributed by atoms with Crippen molar-refractivity contribution in [2.24, 2.45) is 0 Å². The Labute approximate surface area is 156 Å². The summed E-state index contributed by atoms with van der Waals surface area (Å²) in [6.45, 7) is 1.83. The molecule has 0 unspecified atom stereocenters. The van der Waals surface area contributed by atoms with Crippen molar-refractivity contribution >= 4 is 28.3 Å². The minimum absolute atomic E-state index is 0.284. The van der Waals surface area contributed by atoms with Crippen molar-refractivity contribution in [1.29, 1.82) is 0 Å². The van der Waals surface area contributed by atoms with Crippen molar-refractivity contribution in [1.82, 2.24) is 34.8 Å². The summed E-state index contributed by atoms with van der Waals surface area (Å²) in [6.07, 6.45) is 2.95. The number of nitrogens with zero attached hydrogens (tertiary/aromatic N) is 6. The molecule has 4 heterocycles. The standard InChI is InChI=1S/C17H11ClN8O/c1-9-21-17-22-12-5-6-25(16-19-8-20-23-16)15(27)13(12)14(26(17)24-9)10-3-2-4-11(18)7-10/h2-8H,1H3,(H,19,20,23)/p+1. The molecule has 0 aliphatic heterocycles. The predicted octanol–water partition coefficient (Wildman–Crippen LogP) is 1.59. The number of pyridine rings is 1. The Balaban J connectivity index is 1.98. The third-order valence-electron chi connectivity index (χ3n) is 4.22. The predicted molar refractivity (Wildman–Crippen MR) is 97.8 cm³/mol. The zero-order valence-electron chi connectivity index (χ0n) is 14.0. The highest BCUT2D eigenvalue weighted by molar-refractivity contribution is 6.30. The van der Waals surface area contributed by atoms with Crippen molar-refractivity contribution in [2.75, 3.05) is 0 Å². The zero-order chi connectivity index (χ0) is 18.5. The van der Waals surface area contributed by atoms with Crippen LogP contribution in [-0.2, 0) is 0 Å². The third kappa shape index (κ3) is 2.40. The second kappa shape index (κ2) is 5.71. The lowest BCUT2D eigenvalue weighted by molar-refractivity contribution is -0.567. The van der Waals surface area contributed by atoms with Gasteiger partial charge < -0.3 is 0 Å². The zero-order valence-corrected chi connectivity index (χ0v) is 14.8. The first kappa shape index (κ1) is 15.6. The summed E-state index contributed by atoms with van der Waals surface area (Å²) in [4.78, 5) is 26.3. The lowest BCUT2D eigenvalue weighted by Gasteiger charge is -2.06. The molecule has 0 atom stereocenters. The van der Waals surface area contributed by atoms with Crippen LogP contribution in [0.15, 0.2) is 47.7 Å². The molecule has 0 amide bonds. The number of hydrogen-bond acceptors (Lipinski definition) is 5. The summed E-state index contributed by atoms with van der Waals surface area (Å²) < 4.78 is 3.08. The molecule has 10 heteroatoms. The average molecular weight is 380 g/mol. The van der Waals surface area contributed by atoms with E-state index < -0.39 is 0 Å². The van der Waals surface area contributed by atoms with Crippen molar-refractivity contribution in [3.8, 4) is 17.2 Å². The minimum Gasteiger partial charge on any atom is -0.268 e. The fourth-order valence-electron chi connectivity index (χ4n) is 3.12. The molecule has 9 nitrogen and oxygen atoms in total. The van der Waals surface area contributed by atoms with Gasteiger partial charge in [0, 0.05) is 23.7 Å². The van der Waals surface area contributed by atoms with E-state index in [4.69, 9.17) is 11.6 Å². The van der Waals surface area contributed by atoms with E-state index in [-0.39, 0.29) is 5.56 Å². The molecule has 0 spiro atoms. The van der Waals surface area contributed by atoms with E-state index in [0.717, 1.165) is 5.56 Å². The number of fused-ring (bicyclic) bond motifs is 2. The Morgan fingerprint density at radius 1 is 1.22 bits per heavy atom. The summed E-state index contributed by atoms with van der Waals surface area (Å²) in [5, 5.41) is 10.6. The molecule has 5 rings (SSSR count). The molecule has 132 valence electrons. The van der Waals surface area contributed by atoms with Crippen LogP contribution in [0, 0.1) is 6.92 Å². The van der Waals surface area contributed by atoms with E-state index in [0.29, 0.717) is 39.2 Å². The largest absolute Gasteiger partial charge is 0.458 e. The molecule has 0 saturated carbocycles. The Hall–Kier alpha value is -3.59. The number of halogens is 1. The van der Waals surface area contributed by atoms with Gasteiger partial charge in [-0.15, -0.1) is 4.52 Å². The maximum Gasteiger partial charge on any atom is 0.458 e. The SMILES string of the molecule is Cc1nc2nc3ccn(-c4ncn[nH]4)c(=O)c3c(-c3cccc(Cl)c3)[n+]2[nH]1. The number of benzene rings is 1. The summed E-state index contributed by atoms with van der Waals surface area (Å²) >= 11 is 6.20. The molecule has 0 radical (unpaired) electrons. The first-order chi connectivity index (χ1) is 13.1. The molecule has 27 heavy (non-hydrogen) atoms. The number of hydrogen-bond donors (Lipinski definition) is 2. The molecule has 0 aliphatic carbocycles. The van der Waals surface area contributed by atoms with Crippen LogP contribution in [0.1, 0.15) is 5.82 Å². The number of nitrogens with one attached hydrogen (secondary N) is 2. The number of rotatable bonds is 2. The van der Waals surface area contributed by atoms with Crippen molar-refractivity contribution < 1.29 is 4.52 Å². The smallest absolute Gasteiger partial charge is 0.268 e. The van der Waals surface area contributed by atoms with Gasteiger partial charge in [0.15, 0.2) is 11.2 Å². The quantitative estimate of drug-likeness (QED) is 0.453. The van der Waals surface area contributed by atoms with Crippen molar-refractivity contribution in [3.63, 3.8) is 0 Å². The van der Waals surface area contributed by atoms with Crippen LogP contribution in [0.4, 0.5) is 0 Å². The van der Waals surface area contributed by atoms with E-state index in [1.807, 2.05) is 19.1 Å². The lowest BCUT2D eigenvalue weighted by atomic mass is 10.1. The van der Waals surface area contributed by atoms with E-state index in [1.165, 1.54) is 10.9 Å². The van der Waals surface area contributed by atoms with Crippen LogP contribution in [0.25, 0.3) is 33.9 Å². The minimum atomic E-state index is -0.284. The van der Waals surface area contributed by atoms with Crippen molar-refractivity contribution in [3.05, 3.63) is 64.1 Å². The molecule has 5 aromatic rings. The molecule has 0 bridgehead atoms. The van der Waals surface area contributed by atoms with Gasteiger partial charge in [0.25, 0.3) is 5.56 Å². The van der Waals surface area contributed by atoms with Gasteiger partial charge in [-0.25, -0.2) is 10.2 Å². The number of H-pyrrole nitrogens is 2. The lowest BCUT2D eigenvalue weighted by Crippen LogP contribution is -2.31. The molecular weight excluding hydrogens is 368 g/mol. The molecule has 1 aromatic carbocycles. The van der Waals surface area contributed by atoms with Crippen LogP contribution in [0.5, 0.6) is 0 Å². The van der Waals surface area contributed by atoms with Gasteiger partial charge in [-0.2, -0.15) is 10.1 Å². The van der Waals surface area contributed by atoms with E-state index in [2.05, 4.69) is 30.2 Å². The van der Waals surface area contributed by atoms with Gasteiger partial charge in [-0.1, -0.05) is 33.7 Å². The monoisotopic (exact) mass is 379 g/mol. The maximum absolute atomic E-state index is 13.3. The highest BCUT2D eigenvalue weighted by Crippen LogP contribution is 2.25.